The van der Waals surface area contributed by atoms with Crippen molar-refractivity contribution < 1.29 is 14.9 Å². The van der Waals surface area contributed by atoms with Crippen LogP contribution in [0.4, 0.5) is 5.82 Å². The van der Waals surface area contributed by atoms with Gasteiger partial charge in [-0.05, 0) is 6.07 Å². The first kappa shape index (κ1) is 17.4. The number of nitrogens with zero attached hydrogens (tertiary/aromatic N) is 5. The van der Waals surface area contributed by atoms with E-state index in [9.17, 15) is 10.2 Å². The first-order valence-electron chi connectivity index (χ1n) is 9.46. The minimum absolute atomic E-state index is 0.213. The number of fused-ring (bicyclic) bond motifs is 2. The standard InChI is InChI=1S/C20H23N5O3/c1-20(2)9-24(7-15(20)27)18-16-19(22-10-21-18)25(11-23-16)17-12-5-3-4-6-14(12)28-8-13(17)26/h3-6,10-11,13,15,17,26-27H,7-9H2,1-2H3/t13-,15?,17-/m0/s1. The lowest BCUT2D eigenvalue weighted by atomic mass is 9.90. The second-order valence-corrected chi connectivity index (χ2v) is 8.27. The molecular weight excluding hydrogens is 358 g/mol. The van der Waals surface area contributed by atoms with Crippen LogP contribution in [0.5, 0.6) is 5.75 Å². The molecule has 2 aliphatic rings. The van der Waals surface area contributed by atoms with E-state index in [1.54, 1.807) is 6.33 Å². The predicted octanol–water partition coefficient (Wildman–Crippen LogP) is 1.38. The third-order valence-corrected chi connectivity index (χ3v) is 5.84. The molecule has 0 amide bonds. The predicted molar refractivity (Wildman–Crippen MR) is 103 cm³/mol. The van der Waals surface area contributed by atoms with Gasteiger partial charge in [0.2, 0.25) is 0 Å². The molecule has 1 saturated heterocycles. The van der Waals surface area contributed by atoms with E-state index in [0.29, 0.717) is 30.1 Å². The number of benzene rings is 1. The Kier molecular flexibility index (Phi) is 3.82. The van der Waals surface area contributed by atoms with Crippen molar-refractivity contribution in [3.63, 3.8) is 0 Å². The van der Waals surface area contributed by atoms with Crippen LogP contribution >= 0.6 is 0 Å². The number of aliphatic hydroxyl groups is 2. The maximum absolute atomic E-state index is 10.7. The molecule has 2 aliphatic heterocycles. The van der Waals surface area contributed by atoms with Crippen LogP contribution in [0, 0.1) is 5.41 Å². The lowest BCUT2D eigenvalue weighted by Gasteiger charge is -2.31. The quantitative estimate of drug-likeness (QED) is 0.692. The van der Waals surface area contributed by atoms with E-state index in [1.807, 2.05) is 42.7 Å². The number of ether oxygens (including phenoxy) is 1. The molecule has 0 radical (unpaired) electrons. The van der Waals surface area contributed by atoms with Crippen LogP contribution in [-0.2, 0) is 0 Å². The summed E-state index contributed by atoms with van der Waals surface area (Å²) in [6.07, 6.45) is 2.09. The Balaban J connectivity index is 1.60. The van der Waals surface area contributed by atoms with E-state index < -0.39 is 12.2 Å². The number of hydrogen-bond donors (Lipinski definition) is 2. The third-order valence-electron chi connectivity index (χ3n) is 5.84. The van der Waals surface area contributed by atoms with Gasteiger partial charge in [-0.1, -0.05) is 32.0 Å². The van der Waals surface area contributed by atoms with Crippen molar-refractivity contribution in [2.75, 3.05) is 24.6 Å². The number of aliphatic hydroxyl groups excluding tert-OH is 2. The summed E-state index contributed by atoms with van der Waals surface area (Å²) >= 11 is 0. The Labute approximate surface area is 162 Å². The normalized spacial score (nSPS) is 26.3. The van der Waals surface area contributed by atoms with Gasteiger partial charge in [0.15, 0.2) is 17.0 Å². The Morgan fingerprint density at radius 2 is 1.96 bits per heavy atom. The van der Waals surface area contributed by atoms with E-state index in [-0.39, 0.29) is 18.1 Å². The lowest BCUT2D eigenvalue weighted by molar-refractivity contribution is 0.0579. The van der Waals surface area contributed by atoms with Crippen molar-refractivity contribution in [3.8, 4) is 5.75 Å². The van der Waals surface area contributed by atoms with Crippen molar-refractivity contribution in [1.29, 1.82) is 0 Å². The van der Waals surface area contributed by atoms with Crippen LogP contribution < -0.4 is 9.64 Å². The SMILES string of the molecule is CC1(C)CN(c2ncnc3c2ncn3[C@H]2c3ccccc3OC[C@@H]2O)CC1O. The van der Waals surface area contributed by atoms with E-state index in [2.05, 4.69) is 19.9 Å². The Morgan fingerprint density at radius 3 is 2.75 bits per heavy atom. The zero-order valence-corrected chi connectivity index (χ0v) is 15.9. The number of hydrogen-bond acceptors (Lipinski definition) is 7. The monoisotopic (exact) mass is 381 g/mol. The molecule has 3 aromatic rings. The Morgan fingerprint density at radius 1 is 1.14 bits per heavy atom. The molecule has 8 nitrogen and oxygen atoms in total. The molecule has 1 aromatic carbocycles. The van der Waals surface area contributed by atoms with Crippen LogP contribution in [0.15, 0.2) is 36.9 Å². The molecule has 0 aliphatic carbocycles. The summed E-state index contributed by atoms with van der Waals surface area (Å²) in [5, 5.41) is 21.0. The summed E-state index contributed by atoms with van der Waals surface area (Å²) in [5.41, 5.74) is 2.02. The average Bonchev–Trinajstić information content (AvgIpc) is 3.22. The van der Waals surface area contributed by atoms with Gasteiger partial charge in [0, 0.05) is 24.1 Å². The lowest BCUT2D eigenvalue weighted by Crippen LogP contribution is -2.34. The highest BCUT2D eigenvalue weighted by atomic mass is 16.5. The fourth-order valence-corrected chi connectivity index (χ4v) is 4.22. The fourth-order valence-electron chi connectivity index (χ4n) is 4.22. The third kappa shape index (κ3) is 2.56. The molecule has 146 valence electrons. The van der Waals surface area contributed by atoms with Crippen molar-refractivity contribution in [2.24, 2.45) is 5.41 Å². The fraction of sp³-hybridized carbons (Fsp3) is 0.450. The van der Waals surface area contributed by atoms with Crippen LogP contribution in [0.2, 0.25) is 0 Å². The molecule has 0 saturated carbocycles. The molecule has 2 N–H and O–H groups in total. The highest BCUT2D eigenvalue weighted by molar-refractivity contribution is 5.83. The number of para-hydroxylation sites is 1. The molecule has 2 aromatic heterocycles. The molecule has 3 atom stereocenters. The van der Waals surface area contributed by atoms with Crippen LogP contribution in [-0.4, -0.2) is 61.6 Å². The van der Waals surface area contributed by atoms with Gasteiger partial charge in [0.1, 0.15) is 24.8 Å². The molecule has 28 heavy (non-hydrogen) atoms. The molecular formula is C20H23N5O3. The van der Waals surface area contributed by atoms with Crippen LogP contribution in [0.25, 0.3) is 11.2 Å². The first-order chi connectivity index (χ1) is 13.5. The van der Waals surface area contributed by atoms with Crippen molar-refractivity contribution >= 4 is 17.0 Å². The van der Waals surface area contributed by atoms with E-state index >= 15 is 0 Å². The number of β-amino-alcohol motifs (C(OH)–C–C–N with tert-alkyl or cyclic N) is 1. The van der Waals surface area contributed by atoms with Gasteiger partial charge in [-0.3, -0.25) is 0 Å². The van der Waals surface area contributed by atoms with Gasteiger partial charge in [0.25, 0.3) is 0 Å². The van der Waals surface area contributed by atoms with Gasteiger partial charge >= 0.3 is 0 Å². The minimum atomic E-state index is -0.710. The van der Waals surface area contributed by atoms with Crippen molar-refractivity contribution in [3.05, 3.63) is 42.5 Å². The smallest absolute Gasteiger partial charge is 0.166 e. The summed E-state index contributed by atoms with van der Waals surface area (Å²) in [7, 11) is 0. The molecule has 5 rings (SSSR count). The Bertz CT molecular complexity index is 1030. The molecule has 4 heterocycles. The molecule has 8 heteroatoms. The minimum Gasteiger partial charge on any atom is -0.490 e. The summed E-state index contributed by atoms with van der Waals surface area (Å²) in [4.78, 5) is 15.5. The van der Waals surface area contributed by atoms with Crippen molar-refractivity contribution in [1.82, 2.24) is 19.5 Å². The molecule has 0 spiro atoms. The number of imidazole rings is 1. The zero-order chi connectivity index (χ0) is 19.5. The van der Waals surface area contributed by atoms with Crippen molar-refractivity contribution in [2.45, 2.75) is 32.1 Å². The second-order valence-electron chi connectivity index (χ2n) is 8.27. The summed E-state index contributed by atoms with van der Waals surface area (Å²) in [5.74, 6) is 1.47. The second kappa shape index (κ2) is 6.15. The zero-order valence-electron chi connectivity index (χ0n) is 15.9. The number of rotatable bonds is 2. The van der Waals surface area contributed by atoms with Gasteiger partial charge in [-0.2, -0.15) is 0 Å². The van der Waals surface area contributed by atoms with E-state index in [0.717, 1.165) is 11.3 Å². The summed E-state index contributed by atoms with van der Waals surface area (Å²) in [6, 6.07) is 7.37. The molecule has 0 bridgehead atoms. The maximum atomic E-state index is 10.7. The van der Waals surface area contributed by atoms with Gasteiger partial charge in [-0.25, -0.2) is 15.0 Å². The summed E-state index contributed by atoms with van der Waals surface area (Å²) in [6.45, 7) is 5.50. The Hall–Kier alpha value is -2.71. The number of aromatic nitrogens is 4. The highest BCUT2D eigenvalue weighted by Crippen LogP contribution is 2.38. The average molecular weight is 381 g/mol. The van der Waals surface area contributed by atoms with Gasteiger partial charge < -0.3 is 24.4 Å². The van der Waals surface area contributed by atoms with Crippen LogP contribution in [0.3, 0.4) is 0 Å². The highest BCUT2D eigenvalue weighted by Gasteiger charge is 2.40. The first-order valence-corrected chi connectivity index (χ1v) is 9.46. The maximum Gasteiger partial charge on any atom is 0.166 e. The van der Waals surface area contributed by atoms with Crippen LogP contribution in [0.1, 0.15) is 25.5 Å². The van der Waals surface area contributed by atoms with Gasteiger partial charge in [-0.15, -0.1) is 0 Å². The topological polar surface area (TPSA) is 96.5 Å². The molecule has 1 fully saturated rings. The number of anilines is 1. The van der Waals surface area contributed by atoms with Gasteiger partial charge in [0.05, 0.1) is 18.5 Å². The molecule has 1 unspecified atom stereocenters. The largest absolute Gasteiger partial charge is 0.490 e. The van der Waals surface area contributed by atoms with E-state index in [4.69, 9.17) is 4.74 Å². The summed E-state index contributed by atoms with van der Waals surface area (Å²) < 4.78 is 7.56. The van der Waals surface area contributed by atoms with E-state index in [1.165, 1.54) is 6.33 Å².